The first-order valence-electron chi connectivity index (χ1n) is 4.67. The Morgan fingerprint density at radius 3 is 2.21 bits per heavy atom. The van der Waals surface area contributed by atoms with E-state index in [1.165, 1.54) is 0 Å². The molecular formula is C8H17O5P. The summed E-state index contributed by atoms with van der Waals surface area (Å²) in [7, 11) is -4.48. The Morgan fingerprint density at radius 2 is 1.86 bits per heavy atom. The van der Waals surface area contributed by atoms with Gasteiger partial charge in [0.1, 0.15) is 0 Å². The van der Waals surface area contributed by atoms with Gasteiger partial charge in [0.15, 0.2) is 5.66 Å². The Kier molecular flexibility index (Phi) is 6.00. The summed E-state index contributed by atoms with van der Waals surface area (Å²) >= 11 is 0. The van der Waals surface area contributed by atoms with Gasteiger partial charge in [-0.05, 0) is 6.42 Å². The van der Waals surface area contributed by atoms with Gasteiger partial charge in [0.05, 0.1) is 0 Å². The van der Waals surface area contributed by atoms with Crippen LogP contribution in [-0.2, 0) is 9.36 Å². The van der Waals surface area contributed by atoms with E-state index in [2.05, 4.69) is 0 Å². The largest absolute Gasteiger partial charge is 0.481 e. The molecule has 0 bridgehead atoms. The zero-order valence-corrected chi connectivity index (χ0v) is 9.11. The van der Waals surface area contributed by atoms with E-state index in [1.54, 1.807) is 0 Å². The molecular weight excluding hydrogens is 207 g/mol. The number of carboxylic acids is 1. The minimum absolute atomic E-state index is 0.0552. The van der Waals surface area contributed by atoms with Crippen LogP contribution in [0.4, 0.5) is 0 Å². The zero-order valence-electron chi connectivity index (χ0n) is 8.22. The summed E-state index contributed by atoms with van der Waals surface area (Å²) < 4.78 is 10.8. The number of hydrogen-bond donors (Lipinski definition) is 3. The van der Waals surface area contributed by atoms with E-state index < -0.39 is 19.2 Å². The molecule has 0 radical (unpaired) electrons. The Balaban J connectivity index is 4.01. The van der Waals surface area contributed by atoms with E-state index >= 15 is 0 Å². The number of carbonyl (C=O) groups is 1. The van der Waals surface area contributed by atoms with Crippen molar-refractivity contribution in [1.29, 1.82) is 0 Å². The minimum Gasteiger partial charge on any atom is -0.481 e. The van der Waals surface area contributed by atoms with Crippen LogP contribution in [0.3, 0.4) is 0 Å². The van der Waals surface area contributed by atoms with Crippen molar-refractivity contribution >= 4 is 13.6 Å². The molecule has 3 N–H and O–H groups in total. The monoisotopic (exact) mass is 224 g/mol. The minimum atomic E-state index is -4.48. The van der Waals surface area contributed by atoms with Gasteiger partial charge in [-0.3, -0.25) is 9.36 Å². The normalized spacial score (nSPS) is 13.9. The van der Waals surface area contributed by atoms with E-state index in [-0.39, 0.29) is 6.42 Å². The van der Waals surface area contributed by atoms with Crippen LogP contribution in [0.15, 0.2) is 0 Å². The molecule has 6 heteroatoms. The van der Waals surface area contributed by atoms with Crippen LogP contribution in [-0.4, -0.2) is 26.5 Å². The zero-order chi connectivity index (χ0) is 11.2. The molecule has 0 aliphatic rings. The molecule has 0 aromatic carbocycles. The summed E-state index contributed by atoms with van der Waals surface area (Å²) in [5.41, 5.74) is -1.53. The Labute approximate surface area is 83.3 Å². The van der Waals surface area contributed by atoms with Crippen molar-refractivity contribution < 1.29 is 24.3 Å². The van der Waals surface area contributed by atoms with Crippen LogP contribution in [0.5, 0.6) is 0 Å². The number of hydrogen-bond acceptors (Lipinski definition) is 2. The molecule has 5 nitrogen and oxygen atoms in total. The molecule has 0 fully saturated rings. The molecule has 0 aliphatic heterocycles. The van der Waals surface area contributed by atoms with Gasteiger partial charge in [-0.15, -0.1) is 0 Å². The molecule has 0 aromatic rings. The molecule has 1 unspecified atom stereocenters. The van der Waals surface area contributed by atoms with Crippen molar-refractivity contribution in [1.82, 2.24) is 0 Å². The first-order chi connectivity index (χ1) is 6.39. The maximum atomic E-state index is 10.8. The lowest BCUT2D eigenvalue weighted by Crippen LogP contribution is -2.20. The van der Waals surface area contributed by atoms with Gasteiger partial charge in [-0.2, -0.15) is 0 Å². The highest BCUT2D eigenvalue weighted by molar-refractivity contribution is 7.53. The van der Waals surface area contributed by atoms with Crippen molar-refractivity contribution in [2.45, 2.75) is 44.7 Å². The molecule has 14 heavy (non-hydrogen) atoms. The van der Waals surface area contributed by atoms with Crippen molar-refractivity contribution in [2.75, 3.05) is 0 Å². The SMILES string of the molecule is CCCCCCC(C(=O)O)P(=O)(O)O. The highest BCUT2D eigenvalue weighted by atomic mass is 31.2. The summed E-state index contributed by atoms with van der Waals surface area (Å²) in [5, 5.41) is 8.57. The average Bonchev–Trinajstić information content (AvgIpc) is 2.01. The Morgan fingerprint density at radius 1 is 1.29 bits per heavy atom. The van der Waals surface area contributed by atoms with Gasteiger partial charge in [-0.1, -0.05) is 32.6 Å². The number of carboxylic acid groups (broad SMARTS) is 1. The van der Waals surface area contributed by atoms with Crippen LogP contribution in [0, 0.1) is 0 Å². The van der Waals surface area contributed by atoms with Crippen LogP contribution >= 0.6 is 7.60 Å². The van der Waals surface area contributed by atoms with Gasteiger partial charge in [0.2, 0.25) is 0 Å². The highest BCUT2D eigenvalue weighted by Crippen LogP contribution is 2.43. The quantitative estimate of drug-likeness (QED) is 0.451. The Bertz CT molecular complexity index is 222. The standard InChI is InChI=1S/C8H17O5P/c1-2-3-4-5-6-7(8(9)10)14(11,12)13/h7H,2-6H2,1H3,(H,9,10)(H2,11,12,13). The third-order valence-corrected chi connectivity index (χ3v) is 3.31. The lowest BCUT2D eigenvalue weighted by Gasteiger charge is -2.13. The highest BCUT2D eigenvalue weighted by Gasteiger charge is 2.34. The number of unbranched alkanes of at least 4 members (excludes halogenated alkanes) is 3. The van der Waals surface area contributed by atoms with Gasteiger partial charge >= 0.3 is 13.6 Å². The second kappa shape index (κ2) is 6.17. The second-order valence-corrected chi connectivity index (χ2v) is 5.09. The van der Waals surface area contributed by atoms with Crippen LogP contribution in [0.2, 0.25) is 0 Å². The molecule has 0 saturated carbocycles. The number of rotatable bonds is 7. The van der Waals surface area contributed by atoms with Gasteiger partial charge in [0, 0.05) is 0 Å². The fraction of sp³-hybridized carbons (Fsp3) is 0.875. The third-order valence-electron chi connectivity index (χ3n) is 2.02. The fourth-order valence-electron chi connectivity index (χ4n) is 1.20. The van der Waals surface area contributed by atoms with Crippen LogP contribution < -0.4 is 0 Å². The average molecular weight is 224 g/mol. The fourth-order valence-corrected chi connectivity index (χ4v) is 2.01. The van der Waals surface area contributed by atoms with E-state index in [0.29, 0.717) is 6.42 Å². The van der Waals surface area contributed by atoms with E-state index in [9.17, 15) is 9.36 Å². The summed E-state index contributed by atoms with van der Waals surface area (Å²) in [6.45, 7) is 2.01. The van der Waals surface area contributed by atoms with Gasteiger partial charge in [0.25, 0.3) is 0 Å². The molecule has 0 aliphatic carbocycles. The maximum Gasteiger partial charge on any atom is 0.339 e. The summed E-state index contributed by atoms with van der Waals surface area (Å²) in [6.07, 6.45) is 3.40. The van der Waals surface area contributed by atoms with Crippen LogP contribution in [0.25, 0.3) is 0 Å². The van der Waals surface area contributed by atoms with E-state index in [1.807, 2.05) is 6.92 Å². The molecule has 0 aromatic heterocycles. The van der Waals surface area contributed by atoms with E-state index in [4.69, 9.17) is 14.9 Å². The first kappa shape index (κ1) is 13.6. The third kappa shape index (κ3) is 5.37. The maximum absolute atomic E-state index is 10.8. The molecule has 0 spiro atoms. The molecule has 0 rings (SSSR count). The van der Waals surface area contributed by atoms with Crippen molar-refractivity contribution in [2.24, 2.45) is 0 Å². The summed E-state index contributed by atoms with van der Waals surface area (Å²) in [4.78, 5) is 28.0. The van der Waals surface area contributed by atoms with Crippen molar-refractivity contribution in [3.63, 3.8) is 0 Å². The van der Waals surface area contributed by atoms with Crippen LogP contribution in [0.1, 0.15) is 39.0 Å². The molecule has 84 valence electrons. The summed E-state index contributed by atoms with van der Waals surface area (Å²) in [5.74, 6) is -1.41. The predicted molar refractivity (Wildman–Crippen MR) is 52.2 cm³/mol. The first-order valence-corrected chi connectivity index (χ1v) is 6.35. The Hall–Kier alpha value is -0.380. The topological polar surface area (TPSA) is 94.8 Å². The summed E-state index contributed by atoms with van der Waals surface area (Å²) in [6, 6.07) is 0. The molecule has 0 saturated heterocycles. The van der Waals surface area contributed by atoms with Gasteiger partial charge < -0.3 is 14.9 Å². The second-order valence-electron chi connectivity index (χ2n) is 3.29. The predicted octanol–water partition coefficient (Wildman–Crippen LogP) is 1.59. The molecule has 0 amide bonds. The van der Waals surface area contributed by atoms with Crippen molar-refractivity contribution in [3.8, 4) is 0 Å². The molecule has 1 atom stereocenters. The van der Waals surface area contributed by atoms with Gasteiger partial charge in [-0.25, -0.2) is 0 Å². The lowest BCUT2D eigenvalue weighted by molar-refractivity contribution is -0.137. The number of aliphatic carboxylic acids is 1. The smallest absolute Gasteiger partial charge is 0.339 e. The van der Waals surface area contributed by atoms with E-state index in [0.717, 1.165) is 19.3 Å². The molecule has 0 heterocycles. The van der Waals surface area contributed by atoms with Crippen molar-refractivity contribution in [3.05, 3.63) is 0 Å². The lowest BCUT2D eigenvalue weighted by atomic mass is 10.1.